The summed E-state index contributed by atoms with van der Waals surface area (Å²) in [6.45, 7) is 6.28. The summed E-state index contributed by atoms with van der Waals surface area (Å²) in [5.74, 6) is 1.21. The third-order valence-corrected chi connectivity index (χ3v) is 3.33. The predicted molar refractivity (Wildman–Crippen MR) is 76.2 cm³/mol. The Bertz CT molecular complexity index is 206. The zero-order valence-corrected chi connectivity index (χ0v) is 12.0. The fourth-order valence-corrected chi connectivity index (χ4v) is 1.84. The normalized spacial score (nSPS) is 13.1. The maximum absolute atomic E-state index is 10.7. The first kappa shape index (κ1) is 16.4. The second-order valence-electron chi connectivity index (χ2n) is 5.22. The van der Waals surface area contributed by atoms with Gasteiger partial charge in [0.2, 0.25) is 0 Å². The highest BCUT2D eigenvalue weighted by molar-refractivity contribution is 5.75. The van der Waals surface area contributed by atoms with Gasteiger partial charge in [0.15, 0.2) is 0 Å². The fraction of sp³-hybridized carbons (Fsp3) is 0.812. The smallest absolute Gasteiger partial charge is 0.129 e. The molecule has 1 unspecified atom stereocenters. The van der Waals surface area contributed by atoms with E-state index in [-0.39, 0.29) is 0 Å². The number of hydrogen-bond acceptors (Lipinski definition) is 1. The van der Waals surface area contributed by atoms with Gasteiger partial charge in [-0.15, -0.1) is 0 Å². The summed E-state index contributed by atoms with van der Waals surface area (Å²) >= 11 is 0. The van der Waals surface area contributed by atoms with Gasteiger partial charge in [-0.25, -0.2) is 0 Å². The molecule has 0 aromatic carbocycles. The van der Waals surface area contributed by atoms with E-state index in [4.69, 9.17) is 0 Å². The number of unbranched alkanes of at least 4 members (excludes halogenated alkanes) is 4. The van der Waals surface area contributed by atoms with Crippen molar-refractivity contribution >= 4 is 5.78 Å². The second kappa shape index (κ2) is 11.9. The highest BCUT2D eigenvalue weighted by atomic mass is 16.1. The number of rotatable bonds is 11. The van der Waals surface area contributed by atoms with Crippen molar-refractivity contribution in [3.8, 4) is 0 Å². The van der Waals surface area contributed by atoms with Crippen LogP contribution in [0.2, 0.25) is 0 Å². The molecule has 100 valence electrons. The minimum absolute atomic E-state index is 0.325. The monoisotopic (exact) mass is 238 g/mol. The topological polar surface area (TPSA) is 17.1 Å². The van der Waals surface area contributed by atoms with E-state index in [0.717, 1.165) is 18.8 Å². The van der Waals surface area contributed by atoms with Crippen LogP contribution in [-0.2, 0) is 4.79 Å². The van der Waals surface area contributed by atoms with Crippen LogP contribution in [0.4, 0.5) is 0 Å². The largest absolute Gasteiger partial charge is 0.300 e. The van der Waals surface area contributed by atoms with Crippen molar-refractivity contribution in [1.29, 1.82) is 0 Å². The van der Waals surface area contributed by atoms with E-state index >= 15 is 0 Å². The Kier molecular flexibility index (Phi) is 11.5. The van der Waals surface area contributed by atoms with Crippen LogP contribution in [0.5, 0.6) is 0 Å². The average Bonchev–Trinajstić information content (AvgIpc) is 2.30. The van der Waals surface area contributed by atoms with Gasteiger partial charge in [0.25, 0.3) is 0 Å². The van der Waals surface area contributed by atoms with Crippen LogP contribution in [0.25, 0.3) is 0 Å². The Hall–Kier alpha value is -0.590. The number of carbonyl (C=O) groups excluding carboxylic acids is 1. The van der Waals surface area contributed by atoms with Crippen LogP contribution in [-0.4, -0.2) is 5.78 Å². The Balaban J connectivity index is 3.17. The zero-order valence-electron chi connectivity index (χ0n) is 12.0. The number of allylic oxidation sites excluding steroid dienone is 2. The summed E-state index contributed by atoms with van der Waals surface area (Å²) < 4.78 is 0. The molecule has 1 heteroatoms. The van der Waals surface area contributed by atoms with Crippen molar-refractivity contribution in [3.05, 3.63) is 12.2 Å². The van der Waals surface area contributed by atoms with Gasteiger partial charge in [0.1, 0.15) is 5.78 Å². The first-order valence-corrected chi connectivity index (χ1v) is 7.31. The first-order valence-electron chi connectivity index (χ1n) is 7.31. The minimum atomic E-state index is 0.325. The highest BCUT2D eigenvalue weighted by Crippen LogP contribution is 2.11. The molecular formula is C16H30O. The lowest BCUT2D eigenvalue weighted by Gasteiger charge is -2.05. The van der Waals surface area contributed by atoms with Crippen LogP contribution < -0.4 is 0 Å². The quantitative estimate of drug-likeness (QED) is 0.353. The van der Waals surface area contributed by atoms with E-state index < -0.39 is 0 Å². The lowest BCUT2D eigenvalue weighted by atomic mass is 10.0. The molecule has 0 aromatic heterocycles. The van der Waals surface area contributed by atoms with Gasteiger partial charge in [0, 0.05) is 6.42 Å². The minimum Gasteiger partial charge on any atom is -0.300 e. The highest BCUT2D eigenvalue weighted by Gasteiger charge is 1.96. The molecule has 0 aliphatic heterocycles. The van der Waals surface area contributed by atoms with Crippen molar-refractivity contribution < 1.29 is 4.79 Å². The molecule has 0 saturated carbocycles. The molecule has 0 rings (SSSR count). The molecule has 0 saturated heterocycles. The molecule has 0 bridgehead atoms. The average molecular weight is 238 g/mol. The van der Waals surface area contributed by atoms with Crippen LogP contribution in [0.1, 0.15) is 78.6 Å². The Labute approximate surface area is 108 Å². The summed E-state index contributed by atoms with van der Waals surface area (Å²) in [7, 11) is 0. The van der Waals surface area contributed by atoms with Crippen molar-refractivity contribution in [2.45, 2.75) is 78.6 Å². The molecule has 0 N–H and O–H groups in total. The van der Waals surface area contributed by atoms with E-state index in [1.54, 1.807) is 6.92 Å². The number of Topliss-reactive ketones (excluding diaryl/α,β-unsaturated/α-hetero) is 1. The summed E-state index contributed by atoms with van der Waals surface area (Å²) in [4.78, 5) is 10.7. The van der Waals surface area contributed by atoms with E-state index in [0.29, 0.717) is 5.78 Å². The molecule has 0 aliphatic carbocycles. The number of hydrogen-bond donors (Lipinski definition) is 0. The summed E-state index contributed by atoms with van der Waals surface area (Å²) in [5.41, 5.74) is 0. The van der Waals surface area contributed by atoms with Crippen molar-refractivity contribution in [2.24, 2.45) is 5.92 Å². The second-order valence-corrected chi connectivity index (χ2v) is 5.22. The Morgan fingerprint density at radius 1 is 1.06 bits per heavy atom. The standard InChI is InChI=1S/C16H30O/c1-4-15(2)13-11-9-7-5-6-8-10-12-14-16(3)17/h5,7,15H,4,6,8-14H2,1-3H3/b7-5-. The van der Waals surface area contributed by atoms with Gasteiger partial charge >= 0.3 is 0 Å². The molecule has 0 spiro atoms. The van der Waals surface area contributed by atoms with E-state index in [1.165, 1.54) is 44.9 Å². The van der Waals surface area contributed by atoms with Crippen molar-refractivity contribution in [3.63, 3.8) is 0 Å². The molecular weight excluding hydrogens is 208 g/mol. The van der Waals surface area contributed by atoms with E-state index in [9.17, 15) is 4.79 Å². The number of carbonyl (C=O) groups is 1. The van der Waals surface area contributed by atoms with Crippen LogP contribution in [0.15, 0.2) is 12.2 Å². The maximum Gasteiger partial charge on any atom is 0.129 e. The summed E-state index contributed by atoms with van der Waals surface area (Å²) in [6, 6.07) is 0. The summed E-state index contributed by atoms with van der Waals surface area (Å²) in [6.07, 6.45) is 15.3. The number of ketones is 1. The molecule has 0 amide bonds. The van der Waals surface area contributed by atoms with Gasteiger partial charge in [-0.1, -0.05) is 45.3 Å². The lowest BCUT2D eigenvalue weighted by Crippen LogP contribution is -1.90. The first-order chi connectivity index (χ1) is 8.16. The Morgan fingerprint density at radius 3 is 2.29 bits per heavy atom. The maximum atomic E-state index is 10.7. The Morgan fingerprint density at radius 2 is 1.71 bits per heavy atom. The van der Waals surface area contributed by atoms with Crippen LogP contribution >= 0.6 is 0 Å². The van der Waals surface area contributed by atoms with E-state index in [2.05, 4.69) is 26.0 Å². The molecule has 0 aromatic rings. The zero-order chi connectivity index (χ0) is 12.9. The van der Waals surface area contributed by atoms with Crippen LogP contribution in [0, 0.1) is 5.92 Å². The van der Waals surface area contributed by atoms with Gasteiger partial charge in [-0.2, -0.15) is 0 Å². The lowest BCUT2D eigenvalue weighted by molar-refractivity contribution is -0.117. The molecule has 0 heterocycles. The fourth-order valence-electron chi connectivity index (χ4n) is 1.84. The van der Waals surface area contributed by atoms with Crippen molar-refractivity contribution in [2.75, 3.05) is 0 Å². The van der Waals surface area contributed by atoms with Crippen LogP contribution in [0.3, 0.4) is 0 Å². The van der Waals surface area contributed by atoms with Gasteiger partial charge in [-0.05, 0) is 44.9 Å². The molecule has 17 heavy (non-hydrogen) atoms. The molecule has 1 atom stereocenters. The predicted octanol–water partition coefficient (Wildman–Crippen LogP) is 5.30. The van der Waals surface area contributed by atoms with Gasteiger partial charge in [-0.3, -0.25) is 0 Å². The van der Waals surface area contributed by atoms with Crippen molar-refractivity contribution in [1.82, 2.24) is 0 Å². The molecule has 0 radical (unpaired) electrons. The SMILES string of the molecule is CCC(C)CCC/C=C\CCCCCC(C)=O. The van der Waals surface area contributed by atoms with E-state index in [1.807, 2.05) is 0 Å². The van der Waals surface area contributed by atoms with Gasteiger partial charge in [0.05, 0.1) is 0 Å². The summed E-state index contributed by atoms with van der Waals surface area (Å²) in [5, 5.41) is 0. The molecule has 0 aliphatic rings. The molecule has 0 fully saturated rings. The third kappa shape index (κ3) is 13.3. The molecule has 1 nitrogen and oxygen atoms in total. The third-order valence-electron chi connectivity index (χ3n) is 3.33. The van der Waals surface area contributed by atoms with Gasteiger partial charge < -0.3 is 4.79 Å².